The second-order valence-corrected chi connectivity index (χ2v) is 5.20. The highest BCUT2D eigenvalue weighted by molar-refractivity contribution is 5.99. The van der Waals surface area contributed by atoms with Gasteiger partial charge in [0.1, 0.15) is 0 Å². The van der Waals surface area contributed by atoms with E-state index in [4.69, 9.17) is 0 Å². The van der Waals surface area contributed by atoms with Gasteiger partial charge in [0.2, 0.25) is 0 Å². The van der Waals surface area contributed by atoms with E-state index in [-0.39, 0.29) is 0 Å². The Morgan fingerprint density at radius 3 is 2.42 bits per heavy atom. The van der Waals surface area contributed by atoms with Crippen molar-refractivity contribution < 1.29 is 4.79 Å². The molecule has 0 aromatic heterocycles. The maximum Gasteiger partial charge on any atom is 0.163 e. The lowest BCUT2D eigenvalue weighted by Crippen LogP contribution is -2.10. The van der Waals surface area contributed by atoms with E-state index in [9.17, 15) is 4.79 Å². The first-order valence-corrected chi connectivity index (χ1v) is 7.03. The van der Waals surface area contributed by atoms with Crippen LogP contribution in [-0.4, -0.2) is 5.78 Å². The minimum atomic E-state index is 0.299. The molecule has 0 heterocycles. The van der Waals surface area contributed by atoms with Crippen molar-refractivity contribution in [1.29, 1.82) is 0 Å². The van der Waals surface area contributed by atoms with Crippen LogP contribution in [0.15, 0.2) is 42.5 Å². The number of Topliss-reactive ketones (excluding diaryl/α,β-unsaturated/α-hetero) is 1. The number of hydrogen-bond acceptors (Lipinski definition) is 1. The number of ketones is 1. The summed E-state index contributed by atoms with van der Waals surface area (Å²) in [6, 6.07) is 14.9. The van der Waals surface area contributed by atoms with Crippen LogP contribution in [0.3, 0.4) is 0 Å². The second-order valence-electron chi connectivity index (χ2n) is 5.20. The van der Waals surface area contributed by atoms with E-state index in [1.54, 1.807) is 0 Å². The number of carbonyl (C=O) groups is 1. The molecule has 0 amide bonds. The van der Waals surface area contributed by atoms with Gasteiger partial charge in [-0.15, -0.1) is 0 Å². The van der Waals surface area contributed by atoms with E-state index >= 15 is 0 Å². The van der Waals surface area contributed by atoms with E-state index < -0.39 is 0 Å². The van der Waals surface area contributed by atoms with Crippen LogP contribution in [0.2, 0.25) is 0 Å². The van der Waals surface area contributed by atoms with E-state index in [2.05, 4.69) is 49.4 Å². The molecule has 2 aromatic carbocycles. The summed E-state index contributed by atoms with van der Waals surface area (Å²) in [6.45, 7) is 2.16. The molecule has 0 aliphatic heterocycles. The van der Waals surface area contributed by atoms with Crippen molar-refractivity contribution in [3.05, 3.63) is 59.2 Å². The molecule has 0 bridgehead atoms. The maximum absolute atomic E-state index is 12.0. The largest absolute Gasteiger partial charge is 0.294 e. The number of aryl methyl sites for hydroxylation is 2. The minimum absolute atomic E-state index is 0.299. The smallest absolute Gasteiger partial charge is 0.163 e. The molecular formula is C18H18O. The van der Waals surface area contributed by atoms with Crippen molar-refractivity contribution in [2.75, 3.05) is 0 Å². The summed E-state index contributed by atoms with van der Waals surface area (Å²) >= 11 is 0. The molecule has 0 fully saturated rings. The average molecular weight is 250 g/mol. The van der Waals surface area contributed by atoms with Crippen LogP contribution in [0.1, 0.15) is 41.3 Å². The Morgan fingerprint density at radius 2 is 1.68 bits per heavy atom. The molecular weight excluding hydrogens is 232 g/mol. The van der Waals surface area contributed by atoms with E-state index in [1.807, 2.05) is 0 Å². The summed E-state index contributed by atoms with van der Waals surface area (Å²) in [5.41, 5.74) is 5.83. The Hall–Kier alpha value is -1.89. The summed E-state index contributed by atoms with van der Waals surface area (Å²) < 4.78 is 0. The molecule has 1 aliphatic carbocycles. The maximum atomic E-state index is 12.0. The zero-order valence-electron chi connectivity index (χ0n) is 11.3. The molecule has 1 heteroatoms. The van der Waals surface area contributed by atoms with Crippen molar-refractivity contribution in [1.82, 2.24) is 0 Å². The van der Waals surface area contributed by atoms with E-state index in [0.717, 1.165) is 30.4 Å². The number of carbonyl (C=O) groups excluding carboxylic acids is 1. The predicted molar refractivity (Wildman–Crippen MR) is 78.5 cm³/mol. The Labute approximate surface area is 114 Å². The summed E-state index contributed by atoms with van der Waals surface area (Å²) in [5, 5.41) is 0. The first-order valence-electron chi connectivity index (χ1n) is 7.03. The molecule has 0 atom stereocenters. The molecule has 2 aromatic rings. The second kappa shape index (κ2) is 5.00. The molecule has 19 heavy (non-hydrogen) atoms. The van der Waals surface area contributed by atoms with Crippen molar-refractivity contribution in [3.8, 4) is 11.1 Å². The topological polar surface area (TPSA) is 17.1 Å². The minimum Gasteiger partial charge on any atom is -0.294 e. The number of fused-ring (bicyclic) bond motifs is 1. The van der Waals surface area contributed by atoms with Gasteiger partial charge in [-0.3, -0.25) is 4.79 Å². The SMILES string of the molecule is CCc1ccc(-c2ccc3c(c2)C(=O)CCC3)cc1. The molecule has 0 radical (unpaired) electrons. The fourth-order valence-corrected chi connectivity index (χ4v) is 2.74. The number of rotatable bonds is 2. The van der Waals surface area contributed by atoms with Gasteiger partial charge >= 0.3 is 0 Å². The van der Waals surface area contributed by atoms with Gasteiger partial charge in [0, 0.05) is 12.0 Å². The van der Waals surface area contributed by atoms with Crippen LogP contribution < -0.4 is 0 Å². The van der Waals surface area contributed by atoms with Gasteiger partial charge in [-0.25, -0.2) is 0 Å². The van der Waals surface area contributed by atoms with Crippen LogP contribution >= 0.6 is 0 Å². The summed E-state index contributed by atoms with van der Waals surface area (Å²) in [4.78, 5) is 12.0. The van der Waals surface area contributed by atoms with Crippen molar-refractivity contribution >= 4 is 5.78 Å². The third kappa shape index (κ3) is 2.33. The van der Waals surface area contributed by atoms with Gasteiger partial charge in [-0.1, -0.05) is 43.3 Å². The van der Waals surface area contributed by atoms with E-state index in [0.29, 0.717) is 12.2 Å². The molecule has 0 spiro atoms. The lowest BCUT2D eigenvalue weighted by molar-refractivity contribution is 0.0972. The number of hydrogen-bond donors (Lipinski definition) is 0. The van der Waals surface area contributed by atoms with Crippen LogP contribution in [-0.2, 0) is 12.8 Å². The summed E-state index contributed by atoms with van der Waals surface area (Å²) in [5.74, 6) is 0.299. The standard InChI is InChI=1S/C18H18O/c1-2-13-6-8-14(9-7-13)16-11-10-15-4-3-5-18(19)17(15)12-16/h6-12H,2-5H2,1H3. The third-order valence-electron chi connectivity index (χ3n) is 3.96. The fourth-order valence-electron chi connectivity index (χ4n) is 2.74. The Bertz CT molecular complexity index is 608. The highest BCUT2D eigenvalue weighted by Gasteiger charge is 2.17. The molecule has 3 rings (SSSR count). The first kappa shape index (κ1) is 12.2. The zero-order chi connectivity index (χ0) is 13.2. The lowest BCUT2D eigenvalue weighted by Gasteiger charge is -2.15. The van der Waals surface area contributed by atoms with Gasteiger partial charge in [0.15, 0.2) is 5.78 Å². The van der Waals surface area contributed by atoms with Crippen LogP contribution in [0.4, 0.5) is 0 Å². The van der Waals surface area contributed by atoms with Gasteiger partial charge in [-0.05, 0) is 47.6 Å². The Kier molecular flexibility index (Phi) is 3.20. The van der Waals surface area contributed by atoms with Crippen LogP contribution in [0.25, 0.3) is 11.1 Å². The molecule has 1 aliphatic rings. The highest BCUT2D eigenvalue weighted by Crippen LogP contribution is 2.27. The van der Waals surface area contributed by atoms with E-state index in [1.165, 1.54) is 16.7 Å². The molecule has 0 saturated heterocycles. The molecule has 0 N–H and O–H groups in total. The van der Waals surface area contributed by atoms with Crippen LogP contribution in [0.5, 0.6) is 0 Å². The number of benzene rings is 2. The van der Waals surface area contributed by atoms with Crippen LogP contribution in [0, 0.1) is 0 Å². The van der Waals surface area contributed by atoms with Crippen molar-refractivity contribution in [2.24, 2.45) is 0 Å². The predicted octanol–water partition coefficient (Wildman–Crippen LogP) is 4.44. The molecule has 96 valence electrons. The Balaban J connectivity index is 2.01. The van der Waals surface area contributed by atoms with Crippen molar-refractivity contribution in [2.45, 2.75) is 32.6 Å². The molecule has 1 nitrogen and oxygen atoms in total. The summed E-state index contributed by atoms with van der Waals surface area (Å²) in [7, 11) is 0. The lowest BCUT2D eigenvalue weighted by atomic mass is 9.88. The quantitative estimate of drug-likeness (QED) is 0.770. The van der Waals surface area contributed by atoms with Gasteiger partial charge in [-0.2, -0.15) is 0 Å². The third-order valence-corrected chi connectivity index (χ3v) is 3.96. The fraction of sp³-hybridized carbons (Fsp3) is 0.278. The van der Waals surface area contributed by atoms with Gasteiger partial charge in [0.05, 0.1) is 0 Å². The van der Waals surface area contributed by atoms with Gasteiger partial charge < -0.3 is 0 Å². The highest BCUT2D eigenvalue weighted by atomic mass is 16.1. The average Bonchev–Trinajstić information content (AvgIpc) is 2.47. The monoisotopic (exact) mass is 250 g/mol. The molecule has 0 saturated carbocycles. The van der Waals surface area contributed by atoms with Crippen molar-refractivity contribution in [3.63, 3.8) is 0 Å². The molecule has 0 unspecified atom stereocenters. The first-order chi connectivity index (χ1) is 9.28. The van der Waals surface area contributed by atoms with Gasteiger partial charge in [0.25, 0.3) is 0 Å². The Morgan fingerprint density at radius 1 is 0.947 bits per heavy atom. The normalized spacial score (nSPS) is 14.3. The zero-order valence-corrected chi connectivity index (χ0v) is 11.3. The summed E-state index contributed by atoms with van der Waals surface area (Å²) in [6.07, 6.45) is 3.79.